The Kier molecular flexibility index (Phi) is 4.27. The molecule has 2 heterocycles. The van der Waals surface area contributed by atoms with Crippen LogP contribution in [0.5, 0.6) is 0 Å². The molecule has 0 spiro atoms. The van der Waals surface area contributed by atoms with Gasteiger partial charge in [0, 0.05) is 24.5 Å². The van der Waals surface area contributed by atoms with Crippen molar-refractivity contribution in [2.45, 2.75) is 52.1 Å². The van der Waals surface area contributed by atoms with E-state index in [0.717, 1.165) is 42.2 Å². The third-order valence-electron chi connectivity index (χ3n) is 3.81. The SMILES string of the molecule is CCc1cc(CC)n(-c2ncc(CNC3CC3)cc2Cl)n1. The van der Waals surface area contributed by atoms with Gasteiger partial charge >= 0.3 is 0 Å². The summed E-state index contributed by atoms with van der Waals surface area (Å²) in [4.78, 5) is 4.53. The van der Waals surface area contributed by atoms with E-state index in [1.54, 1.807) is 0 Å². The van der Waals surface area contributed by atoms with E-state index in [-0.39, 0.29) is 0 Å². The minimum Gasteiger partial charge on any atom is -0.310 e. The summed E-state index contributed by atoms with van der Waals surface area (Å²) in [7, 11) is 0. The van der Waals surface area contributed by atoms with Gasteiger partial charge in [-0.3, -0.25) is 0 Å². The molecular weight excluding hydrogens is 284 g/mol. The van der Waals surface area contributed by atoms with Gasteiger partial charge in [-0.1, -0.05) is 25.4 Å². The lowest BCUT2D eigenvalue weighted by Crippen LogP contribution is -2.15. The first-order valence-corrected chi connectivity index (χ1v) is 8.05. The molecule has 1 aliphatic rings. The van der Waals surface area contributed by atoms with E-state index in [9.17, 15) is 0 Å². The summed E-state index contributed by atoms with van der Waals surface area (Å²) < 4.78 is 1.87. The molecule has 1 saturated carbocycles. The molecule has 0 atom stereocenters. The number of halogens is 1. The third-order valence-corrected chi connectivity index (χ3v) is 4.09. The van der Waals surface area contributed by atoms with Gasteiger partial charge in [0.1, 0.15) is 0 Å². The van der Waals surface area contributed by atoms with Crippen LogP contribution in [-0.2, 0) is 19.4 Å². The fraction of sp³-hybridized carbons (Fsp3) is 0.500. The number of aromatic nitrogens is 3. The van der Waals surface area contributed by atoms with E-state index in [4.69, 9.17) is 11.6 Å². The fourth-order valence-corrected chi connectivity index (χ4v) is 2.62. The Morgan fingerprint density at radius 1 is 1.29 bits per heavy atom. The minimum atomic E-state index is 0.658. The van der Waals surface area contributed by atoms with Crippen molar-refractivity contribution in [3.05, 3.63) is 40.3 Å². The lowest BCUT2D eigenvalue weighted by molar-refractivity contribution is 0.684. The maximum Gasteiger partial charge on any atom is 0.172 e. The molecule has 1 fully saturated rings. The number of nitrogens with one attached hydrogen (secondary N) is 1. The van der Waals surface area contributed by atoms with E-state index in [1.807, 2.05) is 16.9 Å². The summed E-state index contributed by atoms with van der Waals surface area (Å²) in [5.41, 5.74) is 3.34. The highest BCUT2D eigenvalue weighted by Crippen LogP contribution is 2.23. The summed E-state index contributed by atoms with van der Waals surface area (Å²) >= 11 is 6.43. The van der Waals surface area contributed by atoms with Crippen LogP contribution in [0.4, 0.5) is 0 Å². The van der Waals surface area contributed by atoms with Crippen LogP contribution in [0.25, 0.3) is 5.82 Å². The van der Waals surface area contributed by atoms with Crippen LogP contribution in [0.15, 0.2) is 18.3 Å². The Bertz CT molecular complexity index is 631. The van der Waals surface area contributed by atoms with E-state index < -0.39 is 0 Å². The maximum atomic E-state index is 6.43. The van der Waals surface area contributed by atoms with Crippen LogP contribution >= 0.6 is 11.6 Å². The normalized spacial score (nSPS) is 14.6. The van der Waals surface area contributed by atoms with Crippen LogP contribution in [0.3, 0.4) is 0 Å². The second-order valence-electron chi connectivity index (χ2n) is 5.55. The van der Waals surface area contributed by atoms with E-state index in [2.05, 4.69) is 35.3 Å². The number of hydrogen-bond donors (Lipinski definition) is 1. The predicted octanol–water partition coefficient (Wildman–Crippen LogP) is 3.30. The first kappa shape index (κ1) is 14.5. The number of rotatable bonds is 6. The summed E-state index contributed by atoms with van der Waals surface area (Å²) in [6, 6.07) is 4.81. The van der Waals surface area contributed by atoms with Gasteiger partial charge in [0.15, 0.2) is 5.82 Å². The van der Waals surface area contributed by atoms with Gasteiger partial charge in [0.25, 0.3) is 0 Å². The number of pyridine rings is 1. The van der Waals surface area contributed by atoms with Crippen molar-refractivity contribution >= 4 is 11.6 Å². The third kappa shape index (κ3) is 3.27. The molecule has 0 saturated heterocycles. The molecule has 0 amide bonds. The van der Waals surface area contributed by atoms with Crippen LogP contribution in [0, 0.1) is 0 Å². The van der Waals surface area contributed by atoms with Crippen LogP contribution in [0.2, 0.25) is 5.02 Å². The molecule has 0 bridgehead atoms. The molecule has 21 heavy (non-hydrogen) atoms. The van der Waals surface area contributed by atoms with Gasteiger partial charge in [-0.15, -0.1) is 0 Å². The Labute approximate surface area is 130 Å². The van der Waals surface area contributed by atoms with Crippen molar-refractivity contribution in [3.8, 4) is 5.82 Å². The van der Waals surface area contributed by atoms with Gasteiger partial charge in [0.05, 0.1) is 10.7 Å². The topological polar surface area (TPSA) is 42.7 Å². The lowest BCUT2D eigenvalue weighted by Gasteiger charge is -2.09. The second-order valence-corrected chi connectivity index (χ2v) is 5.96. The van der Waals surface area contributed by atoms with Crippen molar-refractivity contribution in [3.63, 3.8) is 0 Å². The van der Waals surface area contributed by atoms with Gasteiger partial charge < -0.3 is 5.32 Å². The maximum absolute atomic E-state index is 6.43. The van der Waals surface area contributed by atoms with Crippen molar-refractivity contribution in [1.29, 1.82) is 0 Å². The largest absolute Gasteiger partial charge is 0.310 e. The van der Waals surface area contributed by atoms with Gasteiger partial charge in [-0.2, -0.15) is 5.10 Å². The second kappa shape index (κ2) is 6.16. The summed E-state index contributed by atoms with van der Waals surface area (Å²) in [6.07, 6.45) is 6.29. The van der Waals surface area contributed by atoms with E-state index >= 15 is 0 Å². The molecule has 5 heteroatoms. The Balaban J connectivity index is 1.85. The lowest BCUT2D eigenvalue weighted by atomic mass is 10.2. The molecule has 0 aliphatic heterocycles. The molecule has 2 aromatic heterocycles. The molecule has 1 aliphatic carbocycles. The Morgan fingerprint density at radius 3 is 2.71 bits per heavy atom. The zero-order valence-electron chi connectivity index (χ0n) is 12.6. The molecule has 0 aromatic carbocycles. The number of aryl methyl sites for hydroxylation is 2. The summed E-state index contributed by atoms with van der Waals surface area (Å²) in [5, 5.41) is 8.73. The highest BCUT2D eigenvalue weighted by molar-refractivity contribution is 6.32. The molecule has 3 rings (SSSR count). The van der Waals surface area contributed by atoms with Gasteiger partial charge in [-0.05, 0) is 43.4 Å². The van der Waals surface area contributed by atoms with Crippen LogP contribution in [0.1, 0.15) is 43.6 Å². The molecule has 0 radical (unpaired) electrons. The van der Waals surface area contributed by atoms with Crippen molar-refractivity contribution in [2.75, 3.05) is 0 Å². The first-order chi connectivity index (χ1) is 10.2. The van der Waals surface area contributed by atoms with Crippen molar-refractivity contribution in [1.82, 2.24) is 20.1 Å². The molecule has 2 aromatic rings. The summed E-state index contributed by atoms with van der Waals surface area (Å²) in [6.45, 7) is 5.06. The standard InChI is InChI=1S/C16H21ClN4/c1-3-12-8-14(4-2)21(20-12)16-15(17)7-11(10-19-16)9-18-13-5-6-13/h7-8,10,13,18H,3-6,9H2,1-2H3. The zero-order chi connectivity index (χ0) is 14.8. The Morgan fingerprint density at radius 2 is 2.10 bits per heavy atom. The average molecular weight is 305 g/mol. The highest BCUT2D eigenvalue weighted by atomic mass is 35.5. The van der Waals surface area contributed by atoms with E-state index in [0.29, 0.717) is 11.1 Å². The van der Waals surface area contributed by atoms with Crippen molar-refractivity contribution in [2.24, 2.45) is 0 Å². The van der Waals surface area contributed by atoms with Gasteiger partial charge in [-0.25, -0.2) is 9.67 Å². The number of hydrogen-bond acceptors (Lipinski definition) is 3. The molecular formula is C16H21ClN4. The quantitative estimate of drug-likeness (QED) is 0.890. The van der Waals surface area contributed by atoms with Crippen LogP contribution < -0.4 is 5.32 Å². The fourth-order valence-electron chi connectivity index (χ4n) is 2.36. The number of nitrogens with zero attached hydrogens (tertiary/aromatic N) is 3. The molecule has 0 unspecified atom stereocenters. The predicted molar refractivity (Wildman–Crippen MR) is 85.0 cm³/mol. The molecule has 4 nitrogen and oxygen atoms in total. The smallest absolute Gasteiger partial charge is 0.172 e. The molecule has 1 N–H and O–H groups in total. The van der Waals surface area contributed by atoms with Crippen LogP contribution in [-0.4, -0.2) is 20.8 Å². The summed E-state index contributed by atoms with van der Waals surface area (Å²) in [5.74, 6) is 0.725. The minimum absolute atomic E-state index is 0.658. The average Bonchev–Trinajstić information content (AvgIpc) is 3.23. The zero-order valence-corrected chi connectivity index (χ0v) is 13.3. The van der Waals surface area contributed by atoms with E-state index in [1.165, 1.54) is 12.8 Å². The Hall–Kier alpha value is -1.39. The van der Waals surface area contributed by atoms with Gasteiger partial charge in [0.2, 0.25) is 0 Å². The molecule has 112 valence electrons. The monoisotopic (exact) mass is 304 g/mol. The highest BCUT2D eigenvalue weighted by Gasteiger charge is 2.20. The van der Waals surface area contributed by atoms with Crippen molar-refractivity contribution < 1.29 is 0 Å². The first-order valence-electron chi connectivity index (χ1n) is 7.67.